The molecule has 0 saturated carbocycles. The minimum atomic E-state index is -3.56. The van der Waals surface area contributed by atoms with E-state index in [4.69, 9.17) is 4.74 Å². The van der Waals surface area contributed by atoms with Crippen LogP contribution in [0.1, 0.15) is 6.42 Å². The van der Waals surface area contributed by atoms with Crippen LogP contribution in [0.15, 0.2) is 18.2 Å². The second-order valence-electron chi connectivity index (χ2n) is 4.45. The van der Waals surface area contributed by atoms with Crippen LogP contribution in [0.3, 0.4) is 0 Å². The van der Waals surface area contributed by atoms with Crippen molar-refractivity contribution in [3.8, 4) is 5.75 Å². The summed E-state index contributed by atoms with van der Waals surface area (Å²) in [6, 6.07) is 4.59. The molecule has 1 fully saturated rings. The van der Waals surface area contributed by atoms with E-state index in [-0.39, 0.29) is 16.1 Å². The molecule has 0 atom stereocenters. The van der Waals surface area contributed by atoms with Gasteiger partial charge in [-0.1, -0.05) is 15.9 Å². The number of alkyl halides is 1. The molecule has 0 spiro atoms. The van der Waals surface area contributed by atoms with Crippen molar-refractivity contribution in [2.45, 2.75) is 6.42 Å². The van der Waals surface area contributed by atoms with Crippen LogP contribution in [-0.4, -0.2) is 40.9 Å². The van der Waals surface area contributed by atoms with Crippen molar-refractivity contribution in [2.24, 2.45) is 0 Å². The van der Waals surface area contributed by atoms with Crippen molar-refractivity contribution in [1.82, 2.24) is 0 Å². The van der Waals surface area contributed by atoms with Gasteiger partial charge < -0.3 is 4.74 Å². The number of nitrogens with one attached hydrogen (secondary N) is 1. The number of halogens is 1. The van der Waals surface area contributed by atoms with E-state index in [1.807, 2.05) is 0 Å². The molecule has 1 aromatic rings. The Morgan fingerprint density at radius 3 is 2.67 bits per heavy atom. The Labute approximate surface area is 132 Å². The number of anilines is 2. The molecule has 0 radical (unpaired) electrons. The lowest BCUT2D eigenvalue weighted by atomic mass is 10.2. The highest BCUT2D eigenvalue weighted by molar-refractivity contribution is 9.10. The largest absolute Gasteiger partial charge is 0.495 e. The van der Waals surface area contributed by atoms with Gasteiger partial charge in [-0.3, -0.25) is 9.03 Å². The molecular formula is C11H15BrN2O5S2. The maximum Gasteiger partial charge on any atom is 0.242 e. The maximum absolute atomic E-state index is 11.9. The normalized spacial score (nSPS) is 17.7. The molecule has 0 aliphatic carbocycles. The first kappa shape index (κ1) is 16.4. The number of rotatable bonds is 5. The van der Waals surface area contributed by atoms with Crippen molar-refractivity contribution in [3.63, 3.8) is 0 Å². The lowest BCUT2D eigenvalue weighted by molar-refractivity contribution is 0.417. The molecule has 7 nitrogen and oxygen atoms in total. The number of sulfonamides is 2. The van der Waals surface area contributed by atoms with Gasteiger partial charge in [-0.2, -0.15) is 0 Å². The number of hydrogen-bond donors (Lipinski definition) is 1. The summed E-state index contributed by atoms with van der Waals surface area (Å²) in [6.07, 6.45) is 0.552. The van der Waals surface area contributed by atoms with E-state index >= 15 is 0 Å². The van der Waals surface area contributed by atoms with Crippen LogP contribution in [-0.2, 0) is 20.0 Å². The number of benzene rings is 1. The highest BCUT2D eigenvalue weighted by Gasteiger charge is 2.29. The minimum Gasteiger partial charge on any atom is -0.495 e. The molecule has 21 heavy (non-hydrogen) atoms. The quantitative estimate of drug-likeness (QED) is 0.755. The fourth-order valence-corrected chi connectivity index (χ4v) is 4.50. The first-order valence-electron chi connectivity index (χ1n) is 6.04. The molecule has 1 aromatic carbocycles. The zero-order valence-electron chi connectivity index (χ0n) is 11.2. The average molecular weight is 399 g/mol. The van der Waals surface area contributed by atoms with Gasteiger partial charge in [0.15, 0.2) is 0 Å². The smallest absolute Gasteiger partial charge is 0.242 e. The SMILES string of the molecule is COc1ccc(N2CCCS2(=O)=O)cc1NS(=O)(=O)CBr. The van der Waals surface area contributed by atoms with Gasteiger partial charge in [-0.15, -0.1) is 0 Å². The van der Waals surface area contributed by atoms with Crippen molar-refractivity contribution >= 4 is 47.4 Å². The molecule has 1 N–H and O–H groups in total. The summed E-state index contributed by atoms with van der Waals surface area (Å²) in [5.74, 6) is 0.418. The average Bonchev–Trinajstić information content (AvgIpc) is 2.78. The van der Waals surface area contributed by atoms with Gasteiger partial charge in [0.05, 0.1) is 24.2 Å². The van der Waals surface area contributed by atoms with E-state index in [1.165, 1.54) is 23.5 Å². The summed E-state index contributed by atoms with van der Waals surface area (Å²) in [6.45, 7) is 0.388. The fourth-order valence-electron chi connectivity index (χ4n) is 2.06. The first-order chi connectivity index (χ1) is 9.79. The topological polar surface area (TPSA) is 92.8 Å². The van der Waals surface area contributed by atoms with E-state index < -0.39 is 20.0 Å². The lowest BCUT2D eigenvalue weighted by Gasteiger charge is -2.19. The van der Waals surface area contributed by atoms with Crippen LogP contribution in [0.2, 0.25) is 0 Å². The number of ether oxygens (including phenoxy) is 1. The fraction of sp³-hybridized carbons (Fsp3) is 0.455. The summed E-state index contributed by atoms with van der Waals surface area (Å²) in [4.78, 5) is 0. The predicted molar refractivity (Wildman–Crippen MR) is 85.1 cm³/mol. The highest BCUT2D eigenvalue weighted by Crippen LogP contribution is 2.33. The molecule has 1 heterocycles. The lowest BCUT2D eigenvalue weighted by Crippen LogP contribution is -2.25. The van der Waals surface area contributed by atoms with E-state index in [0.717, 1.165) is 0 Å². The molecule has 0 aromatic heterocycles. The summed E-state index contributed by atoms with van der Waals surface area (Å²) in [5.41, 5.74) is 0.622. The predicted octanol–water partition coefficient (Wildman–Crippen LogP) is 1.33. The van der Waals surface area contributed by atoms with Gasteiger partial charge in [-0.25, -0.2) is 16.8 Å². The molecule has 2 rings (SSSR count). The standard InChI is InChI=1S/C11H15BrN2O5S2/c1-19-11-4-3-9(14-5-2-6-21(14,17)18)7-10(11)13-20(15,16)8-12/h3-4,7,13H,2,5-6,8H2,1H3. The van der Waals surface area contributed by atoms with Crippen molar-refractivity contribution < 1.29 is 21.6 Å². The Morgan fingerprint density at radius 1 is 1.43 bits per heavy atom. The molecule has 0 bridgehead atoms. The van der Waals surface area contributed by atoms with Gasteiger partial charge in [0.25, 0.3) is 0 Å². The first-order valence-corrected chi connectivity index (χ1v) is 10.4. The third-order valence-corrected chi connectivity index (χ3v) is 7.48. The second-order valence-corrected chi connectivity index (χ2v) is 9.49. The third-order valence-electron chi connectivity index (χ3n) is 2.98. The van der Waals surface area contributed by atoms with E-state index in [2.05, 4.69) is 20.7 Å². The van der Waals surface area contributed by atoms with Crippen molar-refractivity contribution in [2.75, 3.05) is 33.1 Å². The Hall–Kier alpha value is -1.00. The number of nitrogens with zero attached hydrogens (tertiary/aromatic N) is 1. The molecule has 118 valence electrons. The van der Waals surface area contributed by atoms with E-state index in [9.17, 15) is 16.8 Å². The maximum atomic E-state index is 11.9. The Balaban J connectivity index is 2.43. The van der Waals surface area contributed by atoms with Crippen LogP contribution < -0.4 is 13.8 Å². The Bertz CT molecular complexity index is 733. The molecule has 0 amide bonds. The van der Waals surface area contributed by atoms with Crippen molar-refractivity contribution in [1.29, 1.82) is 0 Å². The van der Waals surface area contributed by atoms with Gasteiger partial charge in [-0.05, 0) is 24.6 Å². The number of hydrogen-bond acceptors (Lipinski definition) is 5. The van der Waals surface area contributed by atoms with Crippen LogP contribution in [0.25, 0.3) is 0 Å². The Morgan fingerprint density at radius 2 is 2.14 bits per heavy atom. The molecule has 1 saturated heterocycles. The Kier molecular flexibility index (Phi) is 4.69. The van der Waals surface area contributed by atoms with Crippen molar-refractivity contribution in [3.05, 3.63) is 18.2 Å². The summed E-state index contributed by atoms with van der Waals surface area (Å²) < 4.78 is 55.6. The zero-order valence-corrected chi connectivity index (χ0v) is 14.5. The van der Waals surface area contributed by atoms with Crippen LogP contribution >= 0.6 is 15.9 Å². The van der Waals surface area contributed by atoms with Gasteiger partial charge in [0.1, 0.15) is 10.4 Å². The molecular weight excluding hydrogens is 384 g/mol. The van der Waals surface area contributed by atoms with E-state index in [1.54, 1.807) is 6.07 Å². The molecule has 10 heteroatoms. The molecule has 1 aliphatic rings. The second kappa shape index (κ2) is 6.01. The highest BCUT2D eigenvalue weighted by atomic mass is 79.9. The zero-order chi connectivity index (χ0) is 15.7. The van der Waals surface area contributed by atoms with Gasteiger partial charge in [0, 0.05) is 6.54 Å². The number of methoxy groups -OCH3 is 1. The van der Waals surface area contributed by atoms with Gasteiger partial charge >= 0.3 is 0 Å². The van der Waals surface area contributed by atoms with Gasteiger partial charge in [0.2, 0.25) is 20.0 Å². The summed E-state index contributed by atoms with van der Waals surface area (Å²) in [5, 5.41) is 0. The van der Waals surface area contributed by atoms with E-state index in [0.29, 0.717) is 24.4 Å². The van der Waals surface area contributed by atoms with Crippen LogP contribution in [0, 0.1) is 0 Å². The van der Waals surface area contributed by atoms with Crippen LogP contribution in [0.5, 0.6) is 5.75 Å². The molecule has 1 aliphatic heterocycles. The minimum absolute atomic E-state index is 0.0987. The van der Waals surface area contributed by atoms with Crippen LogP contribution in [0.4, 0.5) is 11.4 Å². The summed E-state index contributed by atoms with van der Waals surface area (Å²) >= 11 is 2.88. The monoisotopic (exact) mass is 398 g/mol. The molecule has 0 unspecified atom stereocenters. The summed E-state index contributed by atoms with van der Waals surface area (Å²) in [7, 11) is -5.46. The third kappa shape index (κ3) is 3.61.